The summed E-state index contributed by atoms with van der Waals surface area (Å²) in [5, 5.41) is 24.4. The second-order valence-electron chi connectivity index (χ2n) is 11.4. The maximum Gasteiger partial charge on any atom is 0.338 e. The standard InChI is InChI=1S/C27H30O9/c1-12(2)16-10-17-25-18(28)19-26(31,13(3)21(29)34-19)27(25,14(4)33-17)36-23-24(16,25)20(22(30)35-23)32-11-15-8-6-5-7-9-15/h5-9,13-14,16-20,23,28,31H,1,10-11H2,2-4H3/t13-,14?,16+,17?,18+,19?,20+,23?,24?,25?,26-,27?/m1/s1. The van der Waals surface area contributed by atoms with Crippen LogP contribution >= 0.6 is 0 Å². The molecule has 4 saturated heterocycles. The number of allylic oxidation sites excluding steroid dienone is 1. The van der Waals surface area contributed by atoms with E-state index in [1.54, 1.807) is 13.8 Å². The van der Waals surface area contributed by atoms with Crippen LogP contribution in [-0.4, -0.2) is 70.2 Å². The van der Waals surface area contributed by atoms with E-state index in [1.165, 1.54) is 0 Å². The number of carbonyl (C=O) groups is 2. The first-order chi connectivity index (χ1) is 17.1. The molecule has 4 heterocycles. The number of aliphatic hydroxyl groups is 2. The molecular formula is C27H30O9. The lowest BCUT2D eigenvalue weighted by atomic mass is 9.52. The summed E-state index contributed by atoms with van der Waals surface area (Å²) >= 11 is 0. The Morgan fingerprint density at radius 3 is 2.58 bits per heavy atom. The van der Waals surface area contributed by atoms with E-state index < -0.39 is 76.7 Å². The zero-order valence-corrected chi connectivity index (χ0v) is 20.4. The van der Waals surface area contributed by atoms with E-state index in [0.29, 0.717) is 6.42 Å². The highest BCUT2D eigenvalue weighted by Gasteiger charge is 3.01. The van der Waals surface area contributed by atoms with Crippen molar-refractivity contribution in [3.63, 3.8) is 0 Å². The van der Waals surface area contributed by atoms with Gasteiger partial charge in [0.25, 0.3) is 0 Å². The normalized spacial score (nSPS) is 53.6. The van der Waals surface area contributed by atoms with Crippen molar-refractivity contribution in [2.75, 3.05) is 0 Å². The van der Waals surface area contributed by atoms with E-state index in [9.17, 15) is 19.8 Å². The van der Waals surface area contributed by atoms with Gasteiger partial charge in [-0.3, -0.25) is 4.79 Å². The number of hydrogen-bond donors (Lipinski definition) is 2. The number of rotatable bonds is 4. The first-order valence-electron chi connectivity index (χ1n) is 12.6. The molecule has 0 bridgehead atoms. The summed E-state index contributed by atoms with van der Waals surface area (Å²) in [7, 11) is 0. The molecule has 192 valence electrons. The second kappa shape index (κ2) is 6.76. The predicted molar refractivity (Wildman–Crippen MR) is 121 cm³/mol. The van der Waals surface area contributed by atoms with Crippen molar-refractivity contribution in [1.29, 1.82) is 0 Å². The van der Waals surface area contributed by atoms with Crippen molar-refractivity contribution >= 4 is 11.9 Å². The Morgan fingerprint density at radius 1 is 1.17 bits per heavy atom. The lowest BCUT2D eigenvalue weighted by Gasteiger charge is -2.48. The van der Waals surface area contributed by atoms with Crippen molar-refractivity contribution in [1.82, 2.24) is 0 Å². The molecule has 0 aromatic heterocycles. The van der Waals surface area contributed by atoms with Gasteiger partial charge in [-0.25, -0.2) is 4.79 Å². The van der Waals surface area contributed by atoms with Crippen molar-refractivity contribution in [3.05, 3.63) is 48.0 Å². The van der Waals surface area contributed by atoms with Crippen LogP contribution in [0.1, 0.15) is 32.8 Å². The Balaban J connectivity index is 1.46. The van der Waals surface area contributed by atoms with Crippen LogP contribution in [0.4, 0.5) is 0 Å². The first-order valence-corrected chi connectivity index (χ1v) is 12.6. The minimum atomic E-state index is -1.89. The average molecular weight is 499 g/mol. The van der Waals surface area contributed by atoms with Crippen LogP contribution in [0, 0.1) is 22.7 Å². The molecule has 6 fully saturated rings. The lowest BCUT2D eigenvalue weighted by molar-refractivity contribution is -0.256. The average Bonchev–Trinajstić information content (AvgIpc) is 3.56. The van der Waals surface area contributed by atoms with Crippen LogP contribution in [0.25, 0.3) is 0 Å². The maximum atomic E-state index is 13.4. The van der Waals surface area contributed by atoms with E-state index in [0.717, 1.165) is 11.1 Å². The molecule has 0 radical (unpaired) electrons. The van der Waals surface area contributed by atoms with Gasteiger partial charge in [0.05, 0.1) is 35.6 Å². The zero-order chi connectivity index (χ0) is 25.4. The molecular weight excluding hydrogens is 468 g/mol. The molecule has 2 aliphatic carbocycles. The van der Waals surface area contributed by atoms with Gasteiger partial charge in [-0.2, -0.15) is 0 Å². The predicted octanol–water partition coefficient (Wildman–Crippen LogP) is 1.25. The monoisotopic (exact) mass is 498 g/mol. The fraction of sp³-hybridized carbons (Fsp3) is 0.630. The van der Waals surface area contributed by atoms with Gasteiger partial charge in [0.15, 0.2) is 12.2 Å². The molecule has 7 rings (SSSR count). The van der Waals surface area contributed by atoms with Crippen LogP contribution in [0.15, 0.2) is 42.5 Å². The largest absolute Gasteiger partial charge is 0.456 e. The van der Waals surface area contributed by atoms with Crippen LogP contribution < -0.4 is 0 Å². The van der Waals surface area contributed by atoms with Crippen LogP contribution in [0.5, 0.6) is 0 Å². The lowest BCUT2D eigenvalue weighted by Crippen LogP contribution is -2.67. The molecule has 4 aliphatic heterocycles. The van der Waals surface area contributed by atoms with Crippen LogP contribution in [0.2, 0.25) is 0 Å². The van der Waals surface area contributed by atoms with Crippen molar-refractivity contribution in [2.24, 2.45) is 22.7 Å². The minimum absolute atomic E-state index is 0.136. The minimum Gasteiger partial charge on any atom is -0.456 e. The Labute approximate surface area is 208 Å². The Kier molecular flexibility index (Phi) is 4.30. The summed E-state index contributed by atoms with van der Waals surface area (Å²) in [6.45, 7) is 9.58. The SMILES string of the molecule is C=C(C)[C@@H]1CC2OC(C)C34OC5OC(=O)[C@H](OCc6ccccc6)C51C23[C@@H](O)C1OC(=O)[C@@H](C)[C@@]14O. The molecule has 2 spiro atoms. The zero-order valence-electron chi connectivity index (χ0n) is 20.4. The fourth-order valence-corrected chi connectivity index (χ4v) is 9.20. The van der Waals surface area contributed by atoms with Crippen LogP contribution in [0.3, 0.4) is 0 Å². The fourth-order valence-electron chi connectivity index (χ4n) is 9.20. The quantitative estimate of drug-likeness (QED) is 0.467. The third-order valence-corrected chi connectivity index (χ3v) is 10.3. The summed E-state index contributed by atoms with van der Waals surface area (Å²) in [5.74, 6) is -2.57. The highest BCUT2D eigenvalue weighted by molar-refractivity contribution is 5.82. The van der Waals surface area contributed by atoms with Gasteiger partial charge in [0.1, 0.15) is 17.3 Å². The van der Waals surface area contributed by atoms with Gasteiger partial charge in [-0.05, 0) is 38.7 Å². The summed E-state index contributed by atoms with van der Waals surface area (Å²) in [6.07, 6.45) is -5.73. The molecule has 6 aliphatic rings. The van der Waals surface area contributed by atoms with Crippen molar-refractivity contribution < 1.29 is 43.5 Å². The highest BCUT2D eigenvalue weighted by atomic mass is 16.8. The molecule has 12 atom stereocenters. The molecule has 36 heavy (non-hydrogen) atoms. The summed E-state index contributed by atoms with van der Waals surface area (Å²) in [5.41, 5.74) is -4.40. The third kappa shape index (κ3) is 1.98. The molecule has 7 unspecified atom stereocenters. The number of ether oxygens (including phenoxy) is 5. The van der Waals surface area contributed by atoms with Crippen molar-refractivity contribution in [3.8, 4) is 0 Å². The van der Waals surface area contributed by atoms with Gasteiger partial charge in [-0.1, -0.05) is 42.5 Å². The topological polar surface area (TPSA) is 121 Å². The molecule has 9 heteroatoms. The Bertz CT molecular complexity index is 1180. The van der Waals surface area contributed by atoms with E-state index >= 15 is 0 Å². The van der Waals surface area contributed by atoms with Gasteiger partial charge in [-0.15, -0.1) is 0 Å². The smallest absolute Gasteiger partial charge is 0.338 e. The van der Waals surface area contributed by atoms with Crippen molar-refractivity contribution in [2.45, 2.75) is 81.8 Å². The number of benzene rings is 1. The summed E-state index contributed by atoms with van der Waals surface area (Å²) in [6, 6.07) is 9.47. The number of hydrogen-bond acceptors (Lipinski definition) is 9. The first kappa shape index (κ1) is 22.9. The Hall–Kier alpha value is -2.30. The molecule has 1 aromatic rings. The van der Waals surface area contributed by atoms with Gasteiger partial charge in [0.2, 0.25) is 6.29 Å². The number of fused-ring (bicyclic) bond motifs is 1. The van der Waals surface area contributed by atoms with Crippen LogP contribution in [-0.2, 0) is 39.9 Å². The Morgan fingerprint density at radius 2 is 1.89 bits per heavy atom. The summed E-state index contributed by atoms with van der Waals surface area (Å²) < 4.78 is 31.0. The molecule has 2 saturated carbocycles. The molecule has 2 N–H and O–H groups in total. The maximum absolute atomic E-state index is 13.4. The molecule has 0 amide bonds. The van der Waals surface area contributed by atoms with E-state index in [2.05, 4.69) is 6.58 Å². The number of esters is 2. The van der Waals surface area contributed by atoms with Gasteiger partial charge in [0, 0.05) is 0 Å². The number of carbonyl (C=O) groups excluding carboxylic acids is 2. The van der Waals surface area contributed by atoms with Gasteiger partial charge >= 0.3 is 11.9 Å². The van der Waals surface area contributed by atoms with E-state index in [1.807, 2.05) is 37.3 Å². The third-order valence-electron chi connectivity index (χ3n) is 10.3. The number of aliphatic hydroxyl groups excluding tert-OH is 1. The molecule has 1 aromatic carbocycles. The highest BCUT2D eigenvalue weighted by Crippen LogP contribution is 2.85. The molecule has 9 nitrogen and oxygen atoms in total. The van der Waals surface area contributed by atoms with E-state index in [4.69, 9.17) is 23.7 Å². The second-order valence-corrected chi connectivity index (χ2v) is 11.4. The van der Waals surface area contributed by atoms with Gasteiger partial charge < -0.3 is 33.9 Å². The van der Waals surface area contributed by atoms with E-state index in [-0.39, 0.29) is 12.5 Å². The summed E-state index contributed by atoms with van der Waals surface area (Å²) in [4.78, 5) is 26.1.